The van der Waals surface area contributed by atoms with Crippen molar-refractivity contribution in [3.05, 3.63) is 46.5 Å². The highest BCUT2D eigenvalue weighted by Gasteiger charge is 2.54. The number of hydrogen-bond donors (Lipinski definition) is 4. The lowest BCUT2D eigenvalue weighted by molar-refractivity contribution is -0.138. The van der Waals surface area contributed by atoms with E-state index in [4.69, 9.17) is 9.47 Å². The van der Waals surface area contributed by atoms with Gasteiger partial charge >= 0.3 is 0 Å². The first-order chi connectivity index (χ1) is 16.3. The molecule has 2 unspecified atom stereocenters. The van der Waals surface area contributed by atoms with E-state index >= 15 is 0 Å². The predicted molar refractivity (Wildman–Crippen MR) is 135 cm³/mol. The smallest absolute Gasteiger partial charge is 0.164 e. The normalized spacial score (nSPS) is 30.5. The van der Waals surface area contributed by atoms with Crippen molar-refractivity contribution in [1.82, 2.24) is 0 Å². The molecule has 0 spiro atoms. The summed E-state index contributed by atoms with van der Waals surface area (Å²) in [6, 6.07) is 7.23. The van der Waals surface area contributed by atoms with Crippen LogP contribution in [0.2, 0.25) is 0 Å². The van der Waals surface area contributed by atoms with Crippen LogP contribution in [0.25, 0.3) is 12.2 Å². The highest BCUT2D eigenvalue weighted by atomic mass is 16.5. The minimum atomic E-state index is -0.735. The minimum absolute atomic E-state index is 0.0933. The van der Waals surface area contributed by atoms with E-state index in [-0.39, 0.29) is 28.9 Å². The molecule has 2 aromatic rings. The number of phenolic OH excluding ortho intramolecular Hbond substituents is 2. The van der Waals surface area contributed by atoms with Gasteiger partial charge in [-0.2, -0.15) is 0 Å². The Kier molecular flexibility index (Phi) is 5.42. The predicted octanol–water partition coefficient (Wildman–Crippen LogP) is 4.83. The number of rotatable bonds is 2. The second-order valence-corrected chi connectivity index (χ2v) is 11.9. The summed E-state index contributed by atoms with van der Waals surface area (Å²) in [6.45, 7) is 9.95. The van der Waals surface area contributed by atoms with Crippen molar-refractivity contribution < 1.29 is 29.9 Å². The van der Waals surface area contributed by atoms with Gasteiger partial charge < -0.3 is 29.9 Å². The molecule has 6 nitrogen and oxygen atoms in total. The molecular formula is C29H36O6. The summed E-state index contributed by atoms with van der Waals surface area (Å²) in [7, 11) is 0. The molecule has 188 valence electrons. The largest absolute Gasteiger partial charge is 0.508 e. The molecule has 0 bridgehead atoms. The van der Waals surface area contributed by atoms with Gasteiger partial charge in [0.25, 0.3) is 0 Å². The van der Waals surface area contributed by atoms with Crippen molar-refractivity contribution in [1.29, 1.82) is 0 Å². The number of ether oxygens (including phenoxy) is 2. The SMILES string of the molecule is CC1(C)Oc2cc(/C=C/c3cc(O)c4c(c3)CC3C(C)(C)[C@H](O)CC[C@@]3(C)O4)cc(O)c2CC1O. The second kappa shape index (κ2) is 7.90. The Bertz CT molecular complexity index is 1200. The van der Waals surface area contributed by atoms with Gasteiger partial charge in [-0.25, -0.2) is 0 Å². The van der Waals surface area contributed by atoms with Gasteiger partial charge in [0.05, 0.1) is 12.2 Å². The molecule has 2 aromatic carbocycles. The van der Waals surface area contributed by atoms with Crippen molar-refractivity contribution in [2.45, 2.75) is 83.7 Å². The maximum atomic E-state index is 10.8. The highest BCUT2D eigenvalue weighted by molar-refractivity contribution is 5.74. The highest BCUT2D eigenvalue weighted by Crippen LogP contribution is 2.54. The summed E-state index contributed by atoms with van der Waals surface area (Å²) >= 11 is 0. The van der Waals surface area contributed by atoms with Crippen LogP contribution in [-0.4, -0.2) is 43.8 Å². The Morgan fingerprint density at radius 3 is 2.20 bits per heavy atom. The summed E-state index contributed by atoms with van der Waals surface area (Å²) in [5.41, 5.74) is 1.66. The van der Waals surface area contributed by atoms with Crippen molar-refractivity contribution in [3.8, 4) is 23.0 Å². The molecular weight excluding hydrogens is 444 g/mol. The number of aliphatic hydroxyl groups is 2. The molecule has 3 aliphatic rings. The van der Waals surface area contributed by atoms with Gasteiger partial charge in [-0.3, -0.25) is 0 Å². The molecule has 5 rings (SSSR count). The summed E-state index contributed by atoms with van der Waals surface area (Å²) in [5, 5.41) is 42.3. The van der Waals surface area contributed by atoms with Crippen LogP contribution in [0.3, 0.4) is 0 Å². The number of aromatic hydroxyl groups is 2. The molecule has 0 aromatic heterocycles. The summed E-state index contributed by atoms with van der Waals surface area (Å²) in [6.07, 6.45) is 5.17. The van der Waals surface area contributed by atoms with Gasteiger partial charge in [0.2, 0.25) is 0 Å². The average Bonchev–Trinajstić information content (AvgIpc) is 2.76. The van der Waals surface area contributed by atoms with E-state index in [1.807, 2.05) is 38.1 Å². The summed E-state index contributed by atoms with van der Waals surface area (Å²) in [5.74, 6) is 1.43. The lowest BCUT2D eigenvalue weighted by atomic mass is 9.57. The van der Waals surface area contributed by atoms with Crippen molar-refractivity contribution in [3.63, 3.8) is 0 Å². The lowest BCUT2D eigenvalue weighted by Crippen LogP contribution is -2.58. The van der Waals surface area contributed by atoms with Gasteiger partial charge in [0, 0.05) is 17.9 Å². The molecule has 1 aliphatic carbocycles. The van der Waals surface area contributed by atoms with Gasteiger partial charge in [-0.1, -0.05) is 26.0 Å². The Morgan fingerprint density at radius 2 is 1.49 bits per heavy atom. The molecule has 4 atom stereocenters. The van der Waals surface area contributed by atoms with E-state index in [1.54, 1.807) is 12.1 Å². The molecule has 35 heavy (non-hydrogen) atoms. The molecule has 6 heteroatoms. The van der Waals surface area contributed by atoms with Crippen LogP contribution in [0.4, 0.5) is 0 Å². The van der Waals surface area contributed by atoms with E-state index in [0.29, 0.717) is 29.9 Å². The third-order valence-corrected chi connectivity index (χ3v) is 8.59. The van der Waals surface area contributed by atoms with Crippen molar-refractivity contribution in [2.24, 2.45) is 11.3 Å². The van der Waals surface area contributed by atoms with Gasteiger partial charge in [0.1, 0.15) is 22.7 Å². The van der Waals surface area contributed by atoms with E-state index in [9.17, 15) is 20.4 Å². The maximum absolute atomic E-state index is 10.8. The van der Waals surface area contributed by atoms with Crippen LogP contribution in [0.15, 0.2) is 24.3 Å². The third kappa shape index (κ3) is 3.97. The first kappa shape index (κ1) is 24.0. The lowest BCUT2D eigenvalue weighted by Gasteiger charge is -2.55. The average molecular weight is 481 g/mol. The Hall–Kier alpha value is -2.70. The molecule has 1 fully saturated rings. The first-order valence-electron chi connectivity index (χ1n) is 12.4. The molecule has 2 heterocycles. The van der Waals surface area contributed by atoms with Gasteiger partial charge in [-0.15, -0.1) is 0 Å². The molecule has 0 saturated heterocycles. The van der Waals surface area contributed by atoms with E-state index < -0.39 is 17.3 Å². The minimum Gasteiger partial charge on any atom is -0.508 e. The van der Waals surface area contributed by atoms with E-state index in [1.165, 1.54) is 0 Å². The van der Waals surface area contributed by atoms with Crippen molar-refractivity contribution >= 4 is 12.2 Å². The van der Waals surface area contributed by atoms with Crippen LogP contribution < -0.4 is 9.47 Å². The van der Waals surface area contributed by atoms with Gasteiger partial charge in [0.15, 0.2) is 11.5 Å². The van der Waals surface area contributed by atoms with Gasteiger partial charge in [-0.05, 0) is 86.4 Å². The third-order valence-electron chi connectivity index (χ3n) is 8.59. The second-order valence-electron chi connectivity index (χ2n) is 11.9. The monoisotopic (exact) mass is 480 g/mol. The zero-order valence-electron chi connectivity index (χ0n) is 21.1. The topological polar surface area (TPSA) is 99.4 Å². The zero-order chi connectivity index (χ0) is 25.3. The molecule has 2 aliphatic heterocycles. The quantitative estimate of drug-likeness (QED) is 0.460. The molecule has 1 saturated carbocycles. The van der Waals surface area contributed by atoms with Crippen LogP contribution in [-0.2, 0) is 12.8 Å². The molecule has 0 amide bonds. The molecule has 0 radical (unpaired) electrons. The number of hydrogen-bond acceptors (Lipinski definition) is 6. The number of phenols is 2. The Balaban J connectivity index is 1.45. The number of fused-ring (bicyclic) bond motifs is 3. The molecule has 4 N–H and O–H groups in total. The summed E-state index contributed by atoms with van der Waals surface area (Å²) in [4.78, 5) is 0. The van der Waals surface area contributed by atoms with Crippen LogP contribution in [0.5, 0.6) is 23.0 Å². The van der Waals surface area contributed by atoms with Crippen molar-refractivity contribution in [2.75, 3.05) is 0 Å². The van der Waals surface area contributed by atoms with E-state index in [0.717, 1.165) is 29.5 Å². The fraction of sp³-hybridized carbons (Fsp3) is 0.517. The van der Waals surface area contributed by atoms with Crippen LogP contribution in [0.1, 0.15) is 69.7 Å². The number of aliphatic hydroxyl groups excluding tert-OH is 2. The fourth-order valence-corrected chi connectivity index (χ4v) is 6.13. The summed E-state index contributed by atoms with van der Waals surface area (Å²) < 4.78 is 12.4. The van der Waals surface area contributed by atoms with E-state index in [2.05, 4.69) is 20.8 Å². The fourth-order valence-electron chi connectivity index (χ4n) is 6.13. The first-order valence-corrected chi connectivity index (χ1v) is 12.4. The Morgan fingerprint density at radius 1 is 0.829 bits per heavy atom. The number of benzene rings is 2. The van der Waals surface area contributed by atoms with Crippen LogP contribution in [0, 0.1) is 11.3 Å². The Labute approximate surface area is 206 Å². The van der Waals surface area contributed by atoms with Crippen LogP contribution >= 0.6 is 0 Å². The standard InChI is InChI=1S/C29H36O6/c1-27(2)23-14-18-10-16(12-21(31)26(18)35-29(23,5)9-8-24(27)32)6-7-17-11-20(30)19-15-25(33)28(3,4)34-22(19)13-17/h6-7,10-13,23-25,30-33H,8-9,14-15H2,1-5H3/b7-6+/t23?,24-,25?,29-/m1/s1. The maximum Gasteiger partial charge on any atom is 0.164 e. The zero-order valence-corrected chi connectivity index (χ0v) is 21.1.